The summed E-state index contributed by atoms with van der Waals surface area (Å²) in [6.45, 7) is 7.63. The maximum Gasteiger partial charge on any atom is 0.232 e. The number of nitrogens with one attached hydrogen (secondary N) is 2. The maximum absolute atomic E-state index is 5.49. The Kier molecular flexibility index (Phi) is 7.76. The lowest BCUT2D eigenvalue weighted by atomic mass is 10.00. The van der Waals surface area contributed by atoms with Gasteiger partial charge >= 0.3 is 0 Å². The summed E-state index contributed by atoms with van der Waals surface area (Å²) in [6, 6.07) is 10.8. The van der Waals surface area contributed by atoms with Gasteiger partial charge in [0.1, 0.15) is 11.6 Å². The van der Waals surface area contributed by atoms with E-state index in [9.17, 15) is 0 Å². The SMILES string of the molecule is COCCCNC(=S)Nc1nc(N2CCc3ccccc3C2)cc(N2CCC[C@@H](C)C2)n1. The number of anilines is 3. The van der Waals surface area contributed by atoms with Crippen molar-refractivity contribution in [3.63, 3.8) is 0 Å². The fourth-order valence-corrected chi connectivity index (χ4v) is 4.65. The van der Waals surface area contributed by atoms with Crippen LogP contribution in [0.25, 0.3) is 0 Å². The van der Waals surface area contributed by atoms with Gasteiger partial charge in [0.2, 0.25) is 5.95 Å². The minimum Gasteiger partial charge on any atom is -0.385 e. The molecule has 32 heavy (non-hydrogen) atoms. The molecule has 172 valence electrons. The van der Waals surface area contributed by atoms with Gasteiger partial charge in [-0.25, -0.2) is 0 Å². The first-order chi connectivity index (χ1) is 15.6. The van der Waals surface area contributed by atoms with Crippen molar-refractivity contribution in [3.05, 3.63) is 41.5 Å². The third-order valence-electron chi connectivity index (χ3n) is 6.17. The molecule has 1 saturated heterocycles. The van der Waals surface area contributed by atoms with Crippen LogP contribution in [0.3, 0.4) is 0 Å². The molecule has 0 saturated carbocycles. The first-order valence-electron chi connectivity index (χ1n) is 11.6. The second-order valence-corrected chi connectivity index (χ2v) is 9.18. The molecular weight excluding hydrogens is 420 g/mol. The van der Waals surface area contributed by atoms with Crippen molar-refractivity contribution in [2.45, 2.75) is 39.2 Å². The van der Waals surface area contributed by atoms with Gasteiger partial charge in [0, 0.05) is 52.5 Å². The normalized spacial score (nSPS) is 18.2. The van der Waals surface area contributed by atoms with Gasteiger partial charge in [-0.15, -0.1) is 0 Å². The van der Waals surface area contributed by atoms with Gasteiger partial charge in [0.15, 0.2) is 5.11 Å². The lowest BCUT2D eigenvalue weighted by molar-refractivity contribution is 0.196. The quantitative estimate of drug-likeness (QED) is 0.486. The Morgan fingerprint density at radius 2 is 1.94 bits per heavy atom. The predicted molar refractivity (Wildman–Crippen MR) is 135 cm³/mol. The molecule has 0 amide bonds. The van der Waals surface area contributed by atoms with E-state index in [1.54, 1.807) is 7.11 Å². The van der Waals surface area contributed by atoms with E-state index in [0.717, 1.165) is 57.2 Å². The fraction of sp³-hybridized carbons (Fsp3) is 0.542. The van der Waals surface area contributed by atoms with E-state index in [4.69, 9.17) is 26.9 Å². The lowest BCUT2D eigenvalue weighted by Gasteiger charge is -2.34. The number of benzene rings is 1. The summed E-state index contributed by atoms with van der Waals surface area (Å²) in [4.78, 5) is 14.4. The summed E-state index contributed by atoms with van der Waals surface area (Å²) in [5, 5.41) is 6.97. The van der Waals surface area contributed by atoms with Crippen LogP contribution in [0.5, 0.6) is 0 Å². The molecule has 4 rings (SSSR count). The summed E-state index contributed by atoms with van der Waals surface area (Å²) in [7, 11) is 1.71. The predicted octanol–water partition coefficient (Wildman–Crippen LogP) is 3.60. The number of hydrogen-bond acceptors (Lipinski definition) is 6. The van der Waals surface area contributed by atoms with E-state index >= 15 is 0 Å². The number of fused-ring (bicyclic) bond motifs is 1. The molecule has 2 aliphatic heterocycles. The number of piperidine rings is 1. The molecule has 2 N–H and O–H groups in total. The van der Waals surface area contributed by atoms with Crippen LogP contribution in [-0.2, 0) is 17.7 Å². The number of methoxy groups -OCH3 is 1. The third kappa shape index (κ3) is 5.86. The van der Waals surface area contributed by atoms with Gasteiger partial charge in [-0.2, -0.15) is 9.97 Å². The molecule has 1 aromatic carbocycles. The number of hydrogen-bond donors (Lipinski definition) is 2. The monoisotopic (exact) mass is 454 g/mol. The summed E-state index contributed by atoms with van der Waals surface area (Å²) in [5.41, 5.74) is 2.80. The van der Waals surface area contributed by atoms with Crippen molar-refractivity contribution in [1.29, 1.82) is 0 Å². The number of aromatic nitrogens is 2. The molecule has 1 fully saturated rings. The first kappa shape index (κ1) is 22.7. The van der Waals surface area contributed by atoms with Gasteiger partial charge in [-0.3, -0.25) is 0 Å². The van der Waals surface area contributed by atoms with Crippen molar-refractivity contribution < 1.29 is 4.74 Å². The Bertz CT molecular complexity index is 923. The first-order valence-corrected chi connectivity index (χ1v) is 12.0. The third-order valence-corrected chi connectivity index (χ3v) is 6.42. The zero-order valence-corrected chi connectivity index (χ0v) is 20.0. The van der Waals surface area contributed by atoms with E-state index < -0.39 is 0 Å². The highest BCUT2D eigenvalue weighted by atomic mass is 32.1. The molecule has 0 radical (unpaired) electrons. The highest BCUT2D eigenvalue weighted by molar-refractivity contribution is 7.80. The number of nitrogens with zero attached hydrogens (tertiary/aromatic N) is 4. The summed E-state index contributed by atoms with van der Waals surface area (Å²) >= 11 is 5.49. The molecule has 8 heteroatoms. The topological polar surface area (TPSA) is 65.6 Å². The van der Waals surface area contributed by atoms with Crippen LogP contribution in [0, 0.1) is 5.92 Å². The molecule has 2 aliphatic rings. The summed E-state index contributed by atoms with van der Waals surface area (Å²) in [5.74, 6) is 3.15. The maximum atomic E-state index is 5.49. The van der Waals surface area contributed by atoms with Crippen LogP contribution in [0.4, 0.5) is 17.6 Å². The van der Waals surface area contributed by atoms with Gasteiger partial charge in [0.05, 0.1) is 0 Å². The van der Waals surface area contributed by atoms with Gasteiger partial charge in [-0.05, 0) is 54.9 Å². The van der Waals surface area contributed by atoms with Crippen LogP contribution in [0.2, 0.25) is 0 Å². The van der Waals surface area contributed by atoms with Crippen LogP contribution in [-0.4, -0.2) is 55.0 Å². The van der Waals surface area contributed by atoms with Crippen LogP contribution >= 0.6 is 12.2 Å². The number of thiocarbonyl (C=S) groups is 1. The molecule has 0 aliphatic carbocycles. The Morgan fingerprint density at radius 1 is 1.16 bits per heavy atom. The second kappa shape index (κ2) is 10.9. The fourth-order valence-electron chi connectivity index (χ4n) is 4.45. The van der Waals surface area contributed by atoms with E-state index in [1.165, 1.54) is 24.0 Å². The molecule has 0 spiro atoms. The van der Waals surface area contributed by atoms with Crippen molar-refractivity contribution in [1.82, 2.24) is 15.3 Å². The van der Waals surface area contributed by atoms with Crippen LogP contribution < -0.4 is 20.4 Å². The Balaban J connectivity index is 1.54. The largest absolute Gasteiger partial charge is 0.385 e. The van der Waals surface area contributed by atoms with E-state index in [0.29, 0.717) is 23.6 Å². The van der Waals surface area contributed by atoms with Gasteiger partial charge in [-0.1, -0.05) is 31.2 Å². The minimum atomic E-state index is 0.542. The van der Waals surface area contributed by atoms with Crippen molar-refractivity contribution >= 4 is 34.9 Å². The molecule has 2 aromatic rings. The molecule has 1 aromatic heterocycles. The van der Waals surface area contributed by atoms with E-state index in [2.05, 4.69) is 57.7 Å². The van der Waals surface area contributed by atoms with Crippen molar-refractivity contribution in [2.24, 2.45) is 5.92 Å². The number of ether oxygens (including phenoxy) is 1. The molecular formula is C24H34N6OS. The molecule has 3 heterocycles. The highest BCUT2D eigenvalue weighted by Crippen LogP contribution is 2.29. The standard InChI is InChI=1S/C24H34N6OS/c1-18-7-5-12-29(16-18)21-15-22(30-13-10-19-8-3-4-9-20(19)17-30)27-23(26-21)28-24(32)25-11-6-14-31-2/h3-4,8-9,15,18H,5-7,10-14,16-17H2,1-2H3,(H2,25,26,27,28,32)/t18-/m1/s1. The summed E-state index contributed by atoms with van der Waals surface area (Å²) in [6.07, 6.45) is 4.39. The highest BCUT2D eigenvalue weighted by Gasteiger charge is 2.22. The van der Waals surface area contributed by atoms with E-state index in [1.807, 2.05) is 0 Å². The van der Waals surface area contributed by atoms with Crippen LogP contribution in [0.1, 0.15) is 37.3 Å². The Morgan fingerprint density at radius 3 is 2.72 bits per heavy atom. The van der Waals surface area contributed by atoms with E-state index in [-0.39, 0.29) is 0 Å². The van der Waals surface area contributed by atoms with Gasteiger partial charge in [0.25, 0.3) is 0 Å². The molecule has 0 unspecified atom stereocenters. The molecule has 1 atom stereocenters. The second-order valence-electron chi connectivity index (χ2n) is 8.77. The molecule has 0 bridgehead atoms. The van der Waals surface area contributed by atoms with Crippen LogP contribution in [0.15, 0.2) is 30.3 Å². The van der Waals surface area contributed by atoms with Crippen molar-refractivity contribution in [3.8, 4) is 0 Å². The minimum absolute atomic E-state index is 0.542. The molecule has 7 nitrogen and oxygen atoms in total. The average molecular weight is 455 g/mol. The van der Waals surface area contributed by atoms with Crippen molar-refractivity contribution in [2.75, 3.05) is 55.0 Å². The average Bonchev–Trinajstić information content (AvgIpc) is 2.81. The smallest absolute Gasteiger partial charge is 0.232 e. The Labute approximate surface area is 196 Å². The zero-order valence-electron chi connectivity index (χ0n) is 19.1. The lowest BCUT2D eigenvalue weighted by Crippen LogP contribution is -2.36. The number of rotatable bonds is 7. The van der Waals surface area contributed by atoms with Gasteiger partial charge < -0.3 is 25.2 Å². The summed E-state index contributed by atoms with van der Waals surface area (Å²) < 4.78 is 5.10. The Hall–Kier alpha value is -2.45. The zero-order chi connectivity index (χ0) is 22.3.